The van der Waals surface area contributed by atoms with Gasteiger partial charge in [-0.1, -0.05) is 12.1 Å². The first-order valence-electron chi connectivity index (χ1n) is 5.95. The molecular formula is C13H20N2O2. The maximum absolute atomic E-state index is 6.19. The highest BCUT2D eigenvalue weighted by Crippen LogP contribution is 2.37. The molecule has 0 amide bonds. The van der Waals surface area contributed by atoms with Gasteiger partial charge in [0.25, 0.3) is 0 Å². The molecule has 2 atom stereocenters. The highest BCUT2D eigenvalue weighted by Gasteiger charge is 2.26. The largest absolute Gasteiger partial charge is 0.493 e. The standard InChI is InChI=1S/C13H20N2O2/c1-16-12-5-3-4-9(13(12)17-2)10-8-15-7-6-11(10)14/h3-5,10-11,15H,6-8,14H2,1-2H3. The van der Waals surface area contributed by atoms with Crippen LogP contribution in [0.5, 0.6) is 11.5 Å². The number of benzene rings is 1. The lowest BCUT2D eigenvalue weighted by Crippen LogP contribution is -2.43. The van der Waals surface area contributed by atoms with Crippen LogP contribution >= 0.6 is 0 Å². The first kappa shape index (κ1) is 12.2. The van der Waals surface area contributed by atoms with Crippen LogP contribution in [-0.2, 0) is 0 Å². The zero-order valence-electron chi connectivity index (χ0n) is 10.4. The zero-order valence-corrected chi connectivity index (χ0v) is 10.4. The Kier molecular flexibility index (Phi) is 3.86. The van der Waals surface area contributed by atoms with Crippen molar-refractivity contribution >= 4 is 0 Å². The minimum atomic E-state index is 0.178. The molecule has 1 saturated heterocycles. The summed E-state index contributed by atoms with van der Waals surface area (Å²) in [5, 5.41) is 3.38. The van der Waals surface area contributed by atoms with Crippen LogP contribution in [0.15, 0.2) is 18.2 Å². The normalized spacial score (nSPS) is 24.4. The van der Waals surface area contributed by atoms with Crippen LogP contribution < -0.4 is 20.5 Å². The first-order valence-corrected chi connectivity index (χ1v) is 5.95. The van der Waals surface area contributed by atoms with Gasteiger partial charge in [-0.05, 0) is 19.0 Å². The van der Waals surface area contributed by atoms with Crippen molar-refractivity contribution < 1.29 is 9.47 Å². The lowest BCUT2D eigenvalue weighted by atomic mass is 9.87. The van der Waals surface area contributed by atoms with Crippen LogP contribution in [0.1, 0.15) is 17.9 Å². The molecule has 0 aromatic heterocycles. The summed E-state index contributed by atoms with van der Waals surface area (Å²) in [6, 6.07) is 6.14. The molecule has 1 aliphatic rings. The van der Waals surface area contributed by atoms with Gasteiger partial charge >= 0.3 is 0 Å². The van der Waals surface area contributed by atoms with Crippen molar-refractivity contribution in [2.75, 3.05) is 27.3 Å². The van der Waals surface area contributed by atoms with E-state index in [0.717, 1.165) is 36.6 Å². The van der Waals surface area contributed by atoms with E-state index >= 15 is 0 Å². The van der Waals surface area contributed by atoms with Crippen molar-refractivity contribution in [1.29, 1.82) is 0 Å². The van der Waals surface area contributed by atoms with Crippen molar-refractivity contribution in [3.8, 4) is 11.5 Å². The number of ether oxygens (including phenoxy) is 2. The third-order valence-corrected chi connectivity index (χ3v) is 3.37. The van der Waals surface area contributed by atoms with E-state index in [9.17, 15) is 0 Å². The van der Waals surface area contributed by atoms with Gasteiger partial charge in [0, 0.05) is 24.1 Å². The first-order chi connectivity index (χ1) is 8.27. The van der Waals surface area contributed by atoms with Crippen molar-refractivity contribution in [2.24, 2.45) is 5.73 Å². The van der Waals surface area contributed by atoms with Gasteiger partial charge < -0.3 is 20.5 Å². The smallest absolute Gasteiger partial charge is 0.164 e. The third kappa shape index (κ3) is 2.37. The van der Waals surface area contributed by atoms with Crippen molar-refractivity contribution in [3.05, 3.63) is 23.8 Å². The molecule has 94 valence electrons. The number of methoxy groups -OCH3 is 2. The Hall–Kier alpha value is -1.26. The molecular weight excluding hydrogens is 216 g/mol. The van der Waals surface area contributed by atoms with E-state index in [1.807, 2.05) is 12.1 Å². The van der Waals surface area contributed by atoms with Crippen LogP contribution in [0.4, 0.5) is 0 Å². The monoisotopic (exact) mass is 236 g/mol. The Bertz CT molecular complexity index is 382. The van der Waals surface area contributed by atoms with E-state index in [4.69, 9.17) is 15.2 Å². The van der Waals surface area contributed by atoms with E-state index in [2.05, 4.69) is 11.4 Å². The van der Waals surface area contributed by atoms with Gasteiger partial charge in [-0.3, -0.25) is 0 Å². The van der Waals surface area contributed by atoms with Crippen molar-refractivity contribution in [3.63, 3.8) is 0 Å². The number of hydrogen-bond acceptors (Lipinski definition) is 4. The summed E-state index contributed by atoms with van der Waals surface area (Å²) >= 11 is 0. The number of para-hydroxylation sites is 1. The molecule has 1 aromatic carbocycles. The molecule has 4 nitrogen and oxygen atoms in total. The Labute approximate surface area is 102 Å². The van der Waals surface area contributed by atoms with E-state index in [1.165, 1.54) is 0 Å². The van der Waals surface area contributed by atoms with Gasteiger partial charge in [0.2, 0.25) is 0 Å². The van der Waals surface area contributed by atoms with E-state index < -0.39 is 0 Å². The van der Waals surface area contributed by atoms with Gasteiger partial charge in [-0.25, -0.2) is 0 Å². The molecule has 0 saturated carbocycles. The van der Waals surface area contributed by atoms with E-state index in [-0.39, 0.29) is 12.0 Å². The average molecular weight is 236 g/mol. The van der Waals surface area contributed by atoms with Crippen molar-refractivity contribution in [1.82, 2.24) is 5.32 Å². The predicted molar refractivity (Wildman–Crippen MR) is 67.7 cm³/mol. The highest BCUT2D eigenvalue weighted by molar-refractivity contribution is 5.49. The molecule has 17 heavy (non-hydrogen) atoms. The number of rotatable bonds is 3. The van der Waals surface area contributed by atoms with Gasteiger partial charge in [-0.15, -0.1) is 0 Å². The lowest BCUT2D eigenvalue weighted by Gasteiger charge is -2.31. The summed E-state index contributed by atoms with van der Waals surface area (Å²) < 4.78 is 10.8. The Morgan fingerprint density at radius 2 is 2.12 bits per heavy atom. The van der Waals surface area contributed by atoms with Crippen LogP contribution in [0.2, 0.25) is 0 Å². The molecule has 2 unspecified atom stereocenters. The van der Waals surface area contributed by atoms with Crippen molar-refractivity contribution in [2.45, 2.75) is 18.4 Å². The molecule has 1 aliphatic heterocycles. The van der Waals surface area contributed by atoms with E-state index in [1.54, 1.807) is 14.2 Å². The number of nitrogens with one attached hydrogen (secondary N) is 1. The van der Waals surface area contributed by atoms with Crippen LogP contribution in [0.3, 0.4) is 0 Å². The number of hydrogen-bond donors (Lipinski definition) is 2. The second kappa shape index (κ2) is 5.38. The molecule has 0 radical (unpaired) electrons. The summed E-state index contributed by atoms with van der Waals surface area (Å²) in [5.41, 5.74) is 7.32. The second-order valence-electron chi connectivity index (χ2n) is 4.35. The summed E-state index contributed by atoms with van der Waals surface area (Å²) in [4.78, 5) is 0. The maximum Gasteiger partial charge on any atom is 0.164 e. The predicted octanol–water partition coefficient (Wildman–Crippen LogP) is 1.11. The molecule has 4 heteroatoms. The summed E-state index contributed by atoms with van der Waals surface area (Å²) in [6.07, 6.45) is 0.991. The Balaban J connectivity index is 2.36. The lowest BCUT2D eigenvalue weighted by molar-refractivity contribution is 0.338. The highest BCUT2D eigenvalue weighted by atomic mass is 16.5. The van der Waals surface area contributed by atoms with Crippen LogP contribution in [-0.4, -0.2) is 33.4 Å². The molecule has 1 aromatic rings. The van der Waals surface area contributed by atoms with Crippen LogP contribution in [0, 0.1) is 0 Å². The fourth-order valence-corrected chi connectivity index (χ4v) is 2.42. The average Bonchev–Trinajstić information content (AvgIpc) is 2.38. The minimum Gasteiger partial charge on any atom is -0.493 e. The molecule has 3 N–H and O–H groups in total. The van der Waals surface area contributed by atoms with Gasteiger partial charge in [0.15, 0.2) is 11.5 Å². The topological polar surface area (TPSA) is 56.5 Å². The molecule has 1 fully saturated rings. The quantitative estimate of drug-likeness (QED) is 0.825. The SMILES string of the molecule is COc1cccc(C2CNCCC2N)c1OC. The Morgan fingerprint density at radius 1 is 1.29 bits per heavy atom. The maximum atomic E-state index is 6.19. The fourth-order valence-electron chi connectivity index (χ4n) is 2.42. The van der Waals surface area contributed by atoms with Gasteiger partial charge in [0.1, 0.15) is 0 Å². The van der Waals surface area contributed by atoms with Crippen LogP contribution in [0.25, 0.3) is 0 Å². The number of piperidine rings is 1. The molecule has 0 bridgehead atoms. The van der Waals surface area contributed by atoms with Gasteiger partial charge in [0.05, 0.1) is 14.2 Å². The Morgan fingerprint density at radius 3 is 2.76 bits per heavy atom. The minimum absolute atomic E-state index is 0.178. The fraction of sp³-hybridized carbons (Fsp3) is 0.538. The summed E-state index contributed by atoms with van der Waals surface area (Å²) in [6.45, 7) is 1.88. The van der Waals surface area contributed by atoms with E-state index in [0.29, 0.717) is 0 Å². The second-order valence-corrected chi connectivity index (χ2v) is 4.35. The zero-order chi connectivity index (χ0) is 12.3. The summed E-state index contributed by atoms with van der Waals surface area (Å²) in [7, 11) is 3.32. The molecule has 0 aliphatic carbocycles. The molecule has 0 spiro atoms. The van der Waals surface area contributed by atoms with Gasteiger partial charge in [-0.2, -0.15) is 0 Å². The molecule has 1 heterocycles. The number of nitrogens with two attached hydrogens (primary N) is 1. The summed E-state index contributed by atoms with van der Waals surface area (Å²) in [5.74, 6) is 1.86. The third-order valence-electron chi connectivity index (χ3n) is 3.37. The molecule has 2 rings (SSSR count).